The van der Waals surface area contributed by atoms with Crippen LogP contribution >= 0.6 is 0 Å². The molecule has 0 saturated heterocycles. The fraction of sp³-hybridized carbons (Fsp3) is 0.250. The lowest BCUT2D eigenvalue weighted by Crippen LogP contribution is -2.27. The number of rotatable bonds is 2. The molecule has 0 unspecified atom stereocenters. The molecule has 2 heterocycles. The lowest BCUT2D eigenvalue weighted by atomic mass is 10.0. The summed E-state index contributed by atoms with van der Waals surface area (Å²) in [4.78, 5) is 38.3. The van der Waals surface area contributed by atoms with Gasteiger partial charge >= 0.3 is 6.09 Å². The van der Waals surface area contributed by atoms with E-state index in [1.165, 1.54) is 12.3 Å². The molecule has 0 spiro atoms. The minimum atomic E-state index is -0.643. The van der Waals surface area contributed by atoms with Gasteiger partial charge in [0.25, 0.3) is 5.91 Å². The van der Waals surface area contributed by atoms with Crippen LogP contribution in [0.1, 0.15) is 47.2 Å². The van der Waals surface area contributed by atoms with Crippen molar-refractivity contribution in [3.8, 4) is 0 Å². The van der Waals surface area contributed by atoms with Crippen LogP contribution in [-0.4, -0.2) is 35.1 Å². The molecule has 3 N–H and O–H groups in total. The first-order valence-corrected chi connectivity index (χ1v) is 7.27. The van der Waals surface area contributed by atoms with E-state index in [4.69, 9.17) is 4.74 Å². The number of aromatic nitrogens is 1. The number of hydrogen-bond acceptors (Lipinski definition) is 5. The summed E-state index contributed by atoms with van der Waals surface area (Å²) in [5, 5.41) is 6.96. The minimum Gasteiger partial charge on any atom is -0.444 e. The monoisotopic (exact) mass is 328 g/mol. The van der Waals surface area contributed by atoms with Crippen molar-refractivity contribution < 1.29 is 19.1 Å². The minimum absolute atomic E-state index is 0.301. The third kappa shape index (κ3) is 2.85. The number of amides is 2. The molecule has 0 saturated carbocycles. The molecule has 0 radical (unpaired) electrons. The van der Waals surface area contributed by atoms with Crippen molar-refractivity contribution in [1.82, 2.24) is 10.4 Å². The zero-order valence-corrected chi connectivity index (χ0v) is 13.4. The fourth-order valence-corrected chi connectivity index (χ4v) is 2.49. The summed E-state index contributed by atoms with van der Waals surface area (Å²) < 4.78 is 5.20. The van der Waals surface area contributed by atoms with E-state index in [1.54, 1.807) is 26.8 Å². The van der Waals surface area contributed by atoms with Crippen molar-refractivity contribution in [3.63, 3.8) is 0 Å². The Morgan fingerprint density at radius 2 is 2.08 bits per heavy atom. The average Bonchev–Trinajstić information content (AvgIpc) is 2.72. The molecule has 8 nitrogen and oxygen atoms in total. The molecule has 0 bridgehead atoms. The summed E-state index contributed by atoms with van der Waals surface area (Å²) in [6.07, 6.45) is 1.43. The van der Waals surface area contributed by atoms with Crippen LogP contribution in [0.3, 0.4) is 0 Å². The SMILES string of the molecule is CC(C)(C)OC(=O)Nc1cc2c3c(c(C=O)[nH]c3c1)C=NNC2=O. The van der Waals surface area contributed by atoms with E-state index in [-0.39, 0.29) is 0 Å². The highest BCUT2D eigenvalue weighted by Gasteiger charge is 2.22. The van der Waals surface area contributed by atoms with Crippen molar-refractivity contribution in [2.75, 3.05) is 5.32 Å². The maximum Gasteiger partial charge on any atom is 0.412 e. The zero-order chi connectivity index (χ0) is 17.5. The Morgan fingerprint density at radius 3 is 2.75 bits per heavy atom. The predicted octanol–water partition coefficient (Wildman–Crippen LogP) is 2.40. The highest BCUT2D eigenvalue weighted by atomic mass is 16.6. The number of aromatic amines is 1. The highest BCUT2D eigenvalue weighted by molar-refractivity contribution is 6.18. The van der Waals surface area contributed by atoms with Gasteiger partial charge in [-0.05, 0) is 32.9 Å². The Labute approximate surface area is 137 Å². The molecule has 124 valence electrons. The lowest BCUT2D eigenvalue weighted by Gasteiger charge is -2.19. The van der Waals surface area contributed by atoms with E-state index in [0.29, 0.717) is 39.7 Å². The molecule has 1 aliphatic rings. The number of nitrogens with zero attached hydrogens (tertiary/aromatic N) is 1. The third-order valence-corrected chi connectivity index (χ3v) is 3.33. The highest BCUT2D eigenvalue weighted by Crippen LogP contribution is 2.29. The van der Waals surface area contributed by atoms with Gasteiger partial charge in [0.1, 0.15) is 5.60 Å². The number of benzene rings is 1. The molecule has 1 aromatic carbocycles. The number of carbonyl (C=O) groups is 3. The summed E-state index contributed by atoms with van der Waals surface area (Å²) in [5.41, 5.74) is 3.76. The molecular formula is C16H16N4O4. The van der Waals surface area contributed by atoms with Gasteiger partial charge in [0.15, 0.2) is 6.29 Å². The molecule has 8 heteroatoms. The summed E-state index contributed by atoms with van der Waals surface area (Å²) in [5.74, 6) is -0.431. The van der Waals surface area contributed by atoms with Crippen LogP contribution in [0.5, 0.6) is 0 Å². The Balaban J connectivity index is 2.07. The van der Waals surface area contributed by atoms with Gasteiger partial charge in [-0.15, -0.1) is 0 Å². The first-order valence-electron chi connectivity index (χ1n) is 7.27. The molecular weight excluding hydrogens is 312 g/mol. The van der Waals surface area contributed by atoms with Gasteiger partial charge < -0.3 is 9.72 Å². The van der Waals surface area contributed by atoms with Crippen molar-refractivity contribution in [3.05, 3.63) is 29.0 Å². The van der Waals surface area contributed by atoms with Gasteiger partial charge in [-0.1, -0.05) is 0 Å². The Morgan fingerprint density at radius 1 is 1.33 bits per heavy atom. The van der Waals surface area contributed by atoms with E-state index in [0.717, 1.165) is 0 Å². The van der Waals surface area contributed by atoms with Crippen molar-refractivity contribution >= 4 is 41.1 Å². The third-order valence-electron chi connectivity index (χ3n) is 3.33. The van der Waals surface area contributed by atoms with Crippen LogP contribution in [-0.2, 0) is 4.74 Å². The Hall–Kier alpha value is -3.16. The molecule has 0 atom stereocenters. The fourth-order valence-electron chi connectivity index (χ4n) is 2.49. The molecule has 0 aliphatic carbocycles. The van der Waals surface area contributed by atoms with Crippen LogP contribution in [0, 0.1) is 0 Å². The molecule has 0 fully saturated rings. The molecule has 2 aromatic rings. The first kappa shape index (κ1) is 15.7. The second-order valence-electron chi connectivity index (χ2n) is 6.34. The van der Waals surface area contributed by atoms with E-state index in [9.17, 15) is 14.4 Å². The number of hydrazone groups is 1. The molecule has 1 aliphatic heterocycles. The number of anilines is 1. The molecule has 24 heavy (non-hydrogen) atoms. The van der Waals surface area contributed by atoms with Gasteiger partial charge in [-0.2, -0.15) is 5.10 Å². The van der Waals surface area contributed by atoms with E-state index in [2.05, 4.69) is 20.8 Å². The van der Waals surface area contributed by atoms with Crippen LogP contribution in [0.15, 0.2) is 17.2 Å². The van der Waals surface area contributed by atoms with Gasteiger partial charge in [0, 0.05) is 22.2 Å². The number of ether oxygens (including phenoxy) is 1. The van der Waals surface area contributed by atoms with Gasteiger partial charge in [-0.3, -0.25) is 14.9 Å². The van der Waals surface area contributed by atoms with Gasteiger partial charge in [0.05, 0.1) is 17.5 Å². The van der Waals surface area contributed by atoms with Crippen LogP contribution in [0.2, 0.25) is 0 Å². The van der Waals surface area contributed by atoms with Crippen LogP contribution in [0.25, 0.3) is 10.9 Å². The largest absolute Gasteiger partial charge is 0.444 e. The normalized spacial score (nSPS) is 13.4. The standard InChI is InChI=1S/C16H16N4O4/c1-16(2,3)24-15(23)18-8-4-9-13-10(6-17-20-14(9)22)12(7-21)19-11(13)5-8/h4-7,19H,1-3H3,(H,18,23)(H,20,22). The van der Waals surface area contributed by atoms with Gasteiger partial charge in [-0.25, -0.2) is 10.2 Å². The molecule has 2 amide bonds. The Kier molecular flexibility index (Phi) is 3.59. The topological polar surface area (TPSA) is 113 Å². The van der Waals surface area contributed by atoms with Gasteiger partial charge in [0.2, 0.25) is 0 Å². The average molecular weight is 328 g/mol. The Bertz CT molecular complexity index is 890. The van der Waals surface area contributed by atoms with E-state index in [1.807, 2.05) is 0 Å². The van der Waals surface area contributed by atoms with Crippen molar-refractivity contribution in [2.24, 2.45) is 5.10 Å². The summed E-state index contributed by atoms with van der Waals surface area (Å²) in [7, 11) is 0. The quantitative estimate of drug-likeness (QED) is 0.735. The first-order chi connectivity index (χ1) is 11.3. The summed E-state index contributed by atoms with van der Waals surface area (Å²) in [6.45, 7) is 5.26. The zero-order valence-electron chi connectivity index (χ0n) is 13.4. The number of hydrogen-bond donors (Lipinski definition) is 3. The van der Waals surface area contributed by atoms with Crippen LogP contribution < -0.4 is 10.7 Å². The number of carbonyl (C=O) groups excluding carboxylic acids is 3. The lowest BCUT2D eigenvalue weighted by molar-refractivity contribution is 0.0635. The smallest absolute Gasteiger partial charge is 0.412 e. The van der Waals surface area contributed by atoms with Crippen molar-refractivity contribution in [2.45, 2.75) is 26.4 Å². The number of H-pyrrole nitrogens is 1. The van der Waals surface area contributed by atoms with Crippen molar-refractivity contribution in [1.29, 1.82) is 0 Å². The van der Waals surface area contributed by atoms with Crippen LogP contribution in [0.4, 0.5) is 10.5 Å². The maximum atomic E-state index is 12.2. The number of aldehydes is 1. The maximum absolute atomic E-state index is 12.2. The summed E-state index contributed by atoms with van der Waals surface area (Å²) in [6, 6.07) is 3.15. The second kappa shape index (κ2) is 5.48. The van der Waals surface area contributed by atoms with E-state index >= 15 is 0 Å². The predicted molar refractivity (Wildman–Crippen MR) is 88.6 cm³/mol. The molecule has 3 rings (SSSR count). The second-order valence-corrected chi connectivity index (χ2v) is 6.34. The summed E-state index contributed by atoms with van der Waals surface area (Å²) >= 11 is 0. The number of nitrogens with one attached hydrogen (secondary N) is 3. The molecule has 1 aromatic heterocycles. The van der Waals surface area contributed by atoms with E-state index < -0.39 is 17.6 Å².